The quantitative estimate of drug-likeness (QED) is 0.550. The predicted molar refractivity (Wildman–Crippen MR) is 101 cm³/mol. The third-order valence-corrected chi connectivity index (χ3v) is 4.18. The largest absolute Gasteiger partial charge is 0.497 e. The summed E-state index contributed by atoms with van der Waals surface area (Å²) in [5, 5.41) is 0.912. The van der Waals surface area contributed by atoms with Crippen LogP contribution >= 0.6 is 0 Å². The van der Waals surface area contributed by atoms with Crippen LogP contribution in [0.1, 0.15) is 0 Å². The Morgan fingerprint density at radius 2 is 1.31 bits per heavy atom. The van der Waals surface area contributed by atoms with E-state index in [0.717, 1.165) is 33.7 Å². The fourth-order valence-electron chi connectivity index (χ4n) is 2.80. The number of methoxy groups -OCH3 is 2. The minimum Gasteiger partial charge on any atom is -0.497 e. The third-order valence-electron chi connectivity index (χ3n) is 4.18. The lowest BCUT2D eigenvalue weighted by molar-refractivity contribution is 0.415. The van der Waals surface area contributed by atoms with Crippen LogP contribution in [0.3, 0.4) is 0 Å². The van der Waals surface area contributed by atoms with Crippen LogP contribution in [0.15, 0.2) is 66.9 Å². The summed E-state index contributed by atoms with van der Waals surface area (Å²) in [5.41, 5.74) is 3.41. The molecule has 0 spiro atoms. The molecule has 0 radical (unpaired) electrons. The number of hydrogen-bond donors (Lipinski definition) is 0. The monoisotopic (exact) mass is 343 g/mol. The van der Waals surface area contributed by atoms with Gasteiger partial charge in [-0.1, -0.05) is 0 Å². The Morgan fingerprint density at radius 1 is 0.692 bits per heavy atom. The van der Waals surface area contributed by atoms with Gasteiger partial charge in [-0.2, -0.15) is 0 Å². The second kappa shape index (κ2) is 6.80. The van der Waals surface area contributed by atoms with Gasteiger partial charge in [-0.3, -0.25) is 0 Å². The lowest BCUT2D eigenvalue weighted by Crippen LogP contribution is -1.96. The number of rotatable bonds is 4. The Bertz CT molecular complexity index is 1040. The second-order valence-corrected chi connectivity index (χ2v) is 5.73. The van der Waals surface area contributed by atoms with Crippen LogP contribution in [-0.4, -0.2) is 29.2 Å². The van der Waals surface area contributed by atoms with Gasteiger partial charge in [0.1, 0.15) is 11.5 Å². The first-order chi connectivity index (χ1) is 12.8. The summed E-state index contributed by atoms with van der Waals surface area (Å²) in [4.78, 5) is 13.9. The van der Waals surface area contributed by atoms with Crippen molar-refractivity contribution in [3.8, 4) is 34.1 Å². The second-order valence-electron chi connectivity index (χ2n) is 5.73. The summed E-state index contributed by atoms with van der Waals surface area (Å²) in [5.74, 6) is 2.23. The Hall–Kier alpha value is -3.47. The summed E-state index contributed by atoms with van der Waals surface area (Å²) in [6.07, 6.45) is 1.74. The number of aromatic nitrogens is 3. The van der Waals surface area contributed by atoms with Crippen molar-refractivity contribution in [2.45, 2.75) is 0 Å². The zero-order valence-corrected chi connectivity index (χ0v) is 14.5. The molecule has 26 heavy (non-hydrogen) atoms. The molecule has 0 saturated heterocycles. The molecule has 0 fully saturated rings. The molecule has 0 unspecified atom stereocenters. The molecule has 2 aromatic carbocycles. The Kier molecular flexibility index (Phi) is 4.19. The molecule has 2 heterocycles. The van der Waals surface area contributed by atoms with Gasteiger partial charge in [0, 0.05) is 22.7 Å². The van der Waals surface area contributed by atoms with E-state index < -0.39 is 0 Å². The Balaban J connectivity index is 1.89. The van der Waals surface area contributed by atoms with Crippen LogP contribution in [0.5, 0.6) is 11.5 Å². The number of pyridine rings is 1. The Morgan fingerprint density at radius 3 is 1.92 bits per heavy atom. The highest BCUT2D eigenvalue weighted by Gasteiger charge is 2.12. The highest BCUT2D eigenvalue weighted by atomic mass is 16.5. The van der Waals surface area contributed by atoms with Gasteiger partial charge >= 0.3 is 0 Å². The molecule has 128 valence electrons. The molecule has 0 N–H and O–H groups in total. The fourth-order valence-corrected chi connectivity index (χ4v) is 2.80. The highest BCUT2D eigenvalue weighted by molar-refractivity contribution is 5.91. The molecule has 0 saturated carbocycles. The van der Waals surface area contributed by atoms with Crippen LogP contribution in [0.25, 0.3) is 33.7 Å². The third kappa shape index (κ3) is 2.95. The standard InChI is InChI=1S/C21H17N3O2/c1-25-16-9-5-14(6-10-16)19-18-4-3-13-22-21(18)24-20(23-19)15-7-11-17(26-2)12-8-15/h3-13H,1-2H3. The van der Waals surface area contributed by atoms with Crippen molar-refractivity contribution in [1.29, 1.82) is 0 Å². The van der Waals surface area contributed by atoms with E-state index in [1.807, 2.05) is 60.7 Å². The number of fused-ring (bicyclic) bond motifs is 1. The van der Waals surface area contributed by atoms with Crippen LogP contribution in [0, 0.1) is 0 Å². The predicted octanol–water partition coefficient (Wildman–Crippen LogP) is 4.38. The molecule has 0 aliphatic carbocycles. The van der Waals surface area contributed by atoms with Gasteiger partial charge in [0.05, 0.1) is 19.9 Å². The lowest BCUT2D eigenvalue weighted by Gasteiger charge is -2.09. The van der Waals surface area contributed by atoms with Gasteiger partial charge in [0.15, 0.2) is 11.5 Å². The van der Waals surface area contributed by atoms with Crippen LogP contribution in [0.4, 0.5) is 0 Å². The number of ether oxygens (including phenoxy) is 2. The van der Waals surface area contributed by atoms with Gasteiger partial charge in [0.25, 0.3) is 0 Å². The summed E-state index contributed by atoms with van der Waals surface area (Å²) in [6.45, 7) is 0. The zero-order valence-electron chi connectivity index (χ0n) is 14.5. The zero-order chi connectivity index (χ0) is 17.9. The van der Waals surface area contributed by atoms with E-state index >= 15 is 0 Å². The smallest absolute Gasteiger partial charge is 0.163 e. The molecule has 0 amide bonds. The van der Waals surface area contributed by atoms with Gasteiger partial charge in [-0.15, -0.1) is 0 Å². The average Bonchev–Trinajstić information content (AvgIpc) is 2.73. The van der Waals surface area contributed by atoms with Crippen LogP contribution in [-0.2, 0) is 0 Å². The highest BCUT2D eigenvalue weighted by Crippen LogP contribution is 2.29. The molecule has 0 aliphatic heterocycles. The van der Waals surface area contributed by atoms with Crippen molar-refractivity contribution in [3.63, 3.8) is 0 Å². The molecule has 4 rings (SSSR count). The van der Waals surface area contributed by atoms with Crippen molar-refractivity contribution in [2.24, 2.45) is 0 Å². The van der Waals surface area contributed by atoms with E-state index in [9.17, 15) is 0 Å². The first-order valence-electron chi connectivity index (χ1n) is 8.20. The molecule has 0 aliphatic rings. The number of benzene rings is 2. The topological polar surface area (TPSA) is 57.1 Å². The van der Waals surface area contributed by atoms with E-state index in [0.29, 0.717) is 11.5 Å². The molecule has 5 nitrogen and oxygen atoms in total. The van der Waals surface area contributed by atoms with Crippen LogP contribution in [0.2, 0.25) is 0 Å². The summed E-state index contributed by atoms with van der Waals surface area (Å²) >= 11 is 0. The van der Waals surface area contributed by atoms with Crippen molar-refractivity contribution in [3.05, 3.63) is 66.9 Å². The molecule has 0 atom stereocenters. The first-order valence-corrected chi connectivity index (χ1v) is 8.20. The van der Waals surface area contributed by atoms with Gasteiger partial charge < -0.3 is 9.47 Å². The van der Waals surface area contributed by atoms with Crippen LogP contribution < -0.4 is 9.47 Å². The lowest BCUT2D eigenvalue weighted by atomic mass is 10.1. The van der Waals surface area contributed by atoms with Crippen molar-refractivity contribution < 1.29 is 9.47 Å². The fraction of sp³-hybridized carbons (Fsp3) is 0.0952. The minimum atomic E-state index is 0.629. The van der Waals surface area contributed by atoms with Gasteiger partial charge in [-0.25, -0.2) is 15.0 Å². The maximum atomic E-state index is 5.25. The van der Waals surface area contributed by atoms with Crippen molar-refractivity contribution in [1.82, 2.24) is 15.0 Å². The maximum Gasteiger partial charge on any atom is 0.163 e. The molecule has 4 aromatic rings. The first kappa shape index (κ1) is 16.0. The number of nitrogens with zero attached hydrogens (tertiary/aromatic N) is 3. The maximum absolute atomic E-state index is 5.25. The van der Waals surface area contributed by atoms with Crippen molar-refractivity contribution in [2.75, 3.05) is 14.2 Å². The van der Waals surface area contributed by atoms with E-state index in [2.05, 4.69) is 9.97 Å². The van der Waals surface area contributed by atoms with Gasteiger partial charge in [0.2, 0.25) is 0 Å². The van der Waals surface area contributed by atoms with E-state index in [-0.39, 0.29) is 0 Å². The van der Waals surface area contributed by atoms with E-state index in [4.69, 9.17) is 14.5 Å². The molecule has 0 bridgehead atoms. The minimum absolute atomic E-state index is 0.629. The molecule has 2 aromatic heterocycles. The molecular weight excluding hydrogens is 326 g/mol. The SMILES string of the molecule is COc1ccc(-c2nc(-c3ccc(OC)cc3)c3cccnc3n2)cc1. The summed E-state index contributed by atoms with van der Waals surface area (Å²) < 4.78 is 10.5. The van der Waals surface area contributed by atoms with E-state index in [1.54, 1.807) is 20.4 Å². The Labute approximate surface area is 151 Å². The van der Waals surface area contributed by atoms with Crippen molar-refractivity contribution >= 4 is 11.0 Å². The molecular formula is C21H17N3O2. The normalized spacial score (nSPS) is 10.7. The van der Waals surface area contributed by atoms with E-state index in [1.165, 1.54) is 0 Å². The average molecular weight is 343 g/mol. The summed E-state index contributed by atoms with van der Waals surface area (Å²) in [7, 11) is 3.30. The number of hydrogen-bond acceptors (Lipinski definition) is 5. The molecule has 5 heteroatoms. The van der Waals surface area contributed by atoms with Gasteiger partial charge in [-0.05, 0) is 60.7 Å². The summed E-state index contributed by atoms with van der Waals surface area (Å²) in [6, 6.07) is 19.4.